The number of benzene rings is 1. The number of furan rings is 1. The highest BCUT2D eigenvalue weighted by molar-refractivity contribution is 7.89. The molecule has 0 saturated carbocycles. The smallest absolute Gasteiger partial charge is 0.321 e. The number of carboxylic acid groups (broad SMARTS) is 1. The molecular weight excluding hydrogens is 306 g/mol. The molecule has 118 valence electrons. The maximum Gasteiger partial charge on any atom is 0.321 e. The zero-order valence-corrected chi connectivity index (χ0v) is 12.9. The normalized spacial score (nSPS) is 16.4. The van der Waals surface area contributed by atoms with E-state index in [-0.39, 0.29) is 4.90 Å². The average Bonchev–Trinajstić information content (AvgIpc) is 2.84. The lowest BCUT2D eigenvalue weighted by atomic mass is 9.96. The second kappa shape index (κ2) is 5.40. The van der Waals surface area contributed by atoms with E-state index in [0.717, 1.165) is 42.4 Å². The predicted octanol–water partition coefficient (Wildman–Crippen LogP) is 2.06. The Hall–Kier alpha value is -1.86. The van der Waals surface area contributed by atoms with Gasteiger partial charge < -0.3 is 9.52 Å². The van der Waals surface area contributed by atoms with Crippen molar-refractivity contribution in [1.29, 1.82) is 0 Å². The summed E-state index contributed by atoms with van der Waals surface area (Å²) in [5.41, 5.74) is 1.70. The molecule has 1 aliphatic rings. The highest BCUT2D eigenvalue weighted by Gasteiger charge is 2.24. The van der Waals surface area contributed by atoms with Gasteiger partial charge in [0.05, 0.1) is 4.90 Å². The van der Waals surface area contributed by atoms with Crippen molar-refractivity contribution in [3.05, 3.63) is 29.5 Å². The van der Waals surface area contributed by atoms with Crippen LogP contribution in [0.2, 0.25) is 0 Å². The Morgan fingerprint density at radius 1 is 1.32 bits per heavy atom. The minimum atomic E-state index is -3.89. The summed E-state index contributed by atoms with van der Waals surface area (Å²) < 4.78 is 32.3. The van der Waals surface area contributed by atoms with E-state index in [2.05, 4.69) is 4.72 Å². The van der Waals surface area contributed by atoms with Crippen molar-refractivity contribution in [2.24, 2.45) is 0 Å². The molecule has 22 heavy (non-hydrogen) atoms. The first-order chi connectivity index (χ1) is 10.4. The van der Waals surface area contributed by atoms with Crippen LogP contribution in [-0.4, -0.2) is 25.5 Å². The fourth-order valence-corrected chi connectivity index (χ4v) is 3.97. The quantitative estimate of drug-likeness (QED) is 0.898. The van der Waals surface area contributed by atoms with E-state index >= 15 is 0 Å². The molecule has 1 aliphatic carbocycles. The number of sulfonamides is 1. The van der Waals surface area contributed by atoms with Gasteiger partial charge in [-0.3, -0.25) is 4.79 Å². The number of aliphatic carboxylic acids is 1. The third-order valence-electron chi connectivity index (χ3n) is 3.94. The number of carboxylic acids is 1. The van der Waals surface area contributed by atoms with Crippen molar-refractivity contribution in [1.82, 2.24) is 4.72 Å². The molecule has 0 radical (unpaired) electrons. The molecule has 0 saturated heterocycles. The van der Waals surface area contributed by atoms with E-state index in [1.54, 1.807) is 6.07 Å². The molecule has 3 rings (SSSR count). The van der Waals surface area contributed by atoms with Gasteiger partial charge in [-0.15, -0.1) is 0 Å². The average molecular weight is 323 g/mol. The summed E-state index contributed by atoms with van der Waals surface area (Å²) in [6.45, 7) is 1.28. The number of rotatable bonds is 4. The second-order valence-electron chi connectivity index (χ2n) is 5.55. The third kappa shape index (κ3) is 2.62. The Labute approximate surface area is 128 Å². The molecule has 0 spiro atoms. The number of nitrogens with one attached hydrogen (secondary N) is 1. The number of hydrogen-bond acceptors (Lipinski definition) is 4. The summed E-state index contributed by atoms with van der Waals surface area (Å²) in [5.74, 6) is -0.291. The predicted molar refractivity (Wildman–Crippen MR) is 80.3 cm³/mol. The fourth-order valence-electron chi connectivity index (χ4n) is 2.76. The SMILES string of the molecule is CC(NS(=O)(=O)c1ccc2c3c(oc2c1)CCCC3)C(=O)O. The van der Waals surface area contributed by atoms with Crippen LogP contribution in [0.1, 0.15) is 31.1 Å². The van der Waals surface area contributed by atoms with Gasteiger partial charge in [-0.2, -0.15) is 4.72 Å². The standard InChI is InChI=1S/C15H17NO5S/c1-9(15(17)18)16-22(19,20)10-6-7-12-11-4-2-3-5-13(11)21-14(12)8-10/h6-9,16H,2-5H2,1H3,(H,17,18). The van der Waals surface area contributed by atoms with Gasteiger partial charge in [0.2, 0.25) is 10.0 Å². The minimum Gasteiger partial charge on any atom is -0.480 e. The Balaban J connectivity index is 2.00. The van der Waals surface area contributed by atoms with Gasteiger partial charge in [0.1, 0.15) is 17.4 Å². The van der Waals surface area contributed by atoms with Crippen molar-refractivity contribution < 1.29 is 22.7 Å². The molecule has 0 fully saturated rings. The molecule has 1 heterocycles. The van der Waals surface area contributed by atoms with E-state index < -0.39 is 22.0 Å². The van der Waals surface area contributed by atoms with E-state index in [1.165, 1.54) is 19.1 Å². The molecule has 1 aromatic carbocycles. The number of aryl methyl sites for hydroxylation is 2. The Morgan fingerprint density at radius 3 is 2.77 bits per heavy atom. The Kier molecular flexibility index (Phi) is 3.70. The van der Waals surface area contributed by atoms with Crippen molar-refractivity contribution in [3.8, 4) is 0 Å². The monoisotopic (exact) mass is 323 g/mol. The van der Waals surface area contributed by atoms with Crippen molar-refractivity contribution >= 4 is 27.0 Å². The van der Waals surface area contributed by atoms with Crippen LogP contribution in [0, 0.1) is 0 Å². The highest BCUT2D eigenvalue weighted by Crippen LogP contribution is 2.33. The molecule has 1 atom stereocenters. The minimum absolute atomic E-state index is 0.0131. The van der Waals surface area contributed by atoms with Crippen LogP contribution in [0.3, 0.4) is 0 Å². The summed E-state index contributed by atoms with van der Waals surface area (Å²) >= 11 is 0. The summed E-state index contributed by atoms with van der Waals surface area (Å²) in [6, 6.07) is 3.50. The number of hydrogen-bond donors (Lipinski definition) is 2. The zero-order valence-electron chi connectivity index (χ0n) is 12.1. The zero-order chi connectivity index (χ0) is 15.9. The van der Waals surface area contributed by atoms with Gasteiger partial charge in [-0.05, 0) is 38.3 Å². The van der Waals surface area contributed by atoms with Crippen LogP contribution in [0.5, 0.6) is 0 Å². The Bertz CT molecular complexity index is 837. The molecule has 2 aromatic rings. The largest absolute Gasteiger partial charge is 0.480 e. The molecule has 1 aromatic heterocycles. The van der Waals surface area contributed by atoms with Gasteiger partial charge in [0.25, 0.3) is 0 Å². The Morgan fingerprint density at radius 2 is 2.05 bits per heavy atom. The summed E-state index contributed by atoms with van der Waals surface area (Å²) in [6.07, 6.45) is 4.01. The van der Waals surface area contributed by atoms with Crippen LogP contribution in [-0.2, 0) is 27.7 Å². The van der Waals surface area contributed by atoms with Crippen LogP contribution in [0.4, 0.5) is 0 Å². The molecule has 2 N–H and O–H groups in total. The van der Waals surface area contributed by atoms with Gasteiger partial charge in [0, 0.05) is 23.4 Å². The molecule has 0 bridgehead atoms. The molecule has 6 nitrogen and oxygen atoms in total. The van der Waals surface area contributed by atoms with Gasteiger partial charge in [0.15, 0.2) is 0 Å². The van der Waals surface area contributed by atoms with Gasteiger partial charge in [-0.25, -0.2) is 8.42 Å². The van der Waals surface area contributed by atoms with Gasteiger partial charge in [-0.1, -0.05) is 0 Å². The van der Waals surface area contributed by atoms with Crippen LogP contribution < -0.4 is 4.72 Å². The number of fused-ring (bicyclic) bond motifs is 3. The molecule has 0 amide bonds. The van der Waals surface area contributed by atoms with Crippen molar-refractivity contribution in [2.75, 3.05) is 0 Å². The first-order valence-electron chi connectivity index (χ1n) is 7.18. The summed E-state index contributed by atoms with van der Waals surface area (Å²) in [7, 11) is -3.89. The van der Waals surface area contributed by atoms with E-state index in [1.807, 2.05) is 0 Å². The fraction of sp³-hybridized carbons (Fsp3) is 0.400. The van der Waals surface area contributed by atoms with E-state index in [9.17, 15) is 13.2 Å². The maximum atomic E-state index is 12.2. The third-order valence-corrected chi connectivity index (χ3v) is 5.48. The first kappa shape index (κ1) is 15.1. The summed E-state index contributed by atoms with van der Waals surface area (Å²) in [5, 5.41) is 9.77. The topological polar surface area (TPSA) is 96.6 Å². The highest BCUT2D eigenvalue weighted by atomic mass is 32.2. The summed E-state index contributed by atoms with van der Waals surface area (Å²) in [4.78, 5) is 10.8. The molecule has 7 heteroatoms. The maximum absolute atomic E-state index is 12.2. The molecule has 1 unspecified atom stereocenters. The number of carbonyl (C=O) groups is 1. The van der Waals surface area contributed by atoms with Gasteiger partial charge >= 0.3 is 5.97 Å². The lowest BCUT2D eigenvalue weighted by molar-refractivity contribution is -0.138. The van der Waals surface area contributed by atoms with Crippen molar-refractivity contribution in [2.45, 2.75) is 43.5 Å². The lowest BCUT2D eigenvalue weighted by Gasteiger charge is -2.10. The molecule has 0 aliphatic heterocycles. The van der Waals surface area contributed by atoms with Crippen molar-refractivity contribution in [3.63, 3.8) is 0 Å². The molecular formula is C15H17NO5S. The van der Waals surface area contributed by atoms with E-state index in [0.29, 0.717) is 5.58 Å². The van der Waals surface area contributed by atoms with Crippen LogP contribution in [0.25, 0.3) is 11.0 Å². The second-order valence-corrected chi connectivity index (χ2v) is 7.26. The lowest BCUT2D eigenvalue weighted by Crippen LogP contribution is -2.38. The first-order valence-corrected chi connectivity index (χ1v) is 8.66. The van der Waals surface area contributed by atoms with E-state index in [4.69, 9.17) is 9.52 Å². The van der Waals surface area contributed by atoms with Crippen LogP contribution in [0.15, 0.2) is 27.5 Å². The van der Waals surface area contributed by atoms with Crippen LogP contribution >= 0.6 is 0 Å².